The molecule has 0 fully saturated rings. The maximum atomic E-state index is 10.6. The summed E-state index contributed by atoms with van der Waals surface area (Å²) in [6, 6.07) is 0. The summed E-state index contributed by atoms with van der Waals surface area (Å²) in [4.78, 5) is 44.4. The van der Waals surface area contributed by atoms with Gasteiger partial charge in [0.2, 0.25) is 0 Å². The molecule has 164 valence electrons. The lowest BCUT2D eigenvalue weighted by Gasteiger charge is -2.23. The van der Waals surface area contributed by atoms with Gasteiger partial charge in [0.05, 0.1) is 26.2 Å². The lowest BCUT2D eigenvalue weighted by molar-refractivity contribution is -0.145. The van der Waals surface area contributed by atoms with Crippen molar-refractivity contribution in [3.05, 3.63) is 0 Å². The minimum atomic E-state index is -1.23. The molecule has 0 radical (unpaired) electrons. The molecule has 0 saturated heterocycles. The third kappa shape index (κ3) is 21.8. The van der Waals surface area contributed by atoms with Gasteiger partial charge in [-0.1, -0.05) is 19.8 Å². The van der Waals surface area contributed by atoms with E-state index in [1.165, 1.54) is 19.3 Å². The van der Waals surface area contributed by atoms with Gasteiger partial charge < -0.3 is 25.2 Å². The number of rotatable bonds is 16. The second-order valence-electron chi connectivity index (χ2n) is 5.90. The molecule has 0 aliphatic heterocycles. The van der Waals surface area contributed by atoms with Gasteiger partial charge in [0.25, 0.3) is 0 Å². The quantitative estimate of drug-likeness (QED) is 0.257. The molecule has 11 nitrogen and oxygen atoms in total. The predicted molar refractivity (Wildman–Crippen MR) is 99.4 cm³/mol. The van der Waals surface area contributed by atoms with Crippen molar-refractivity contribution in [2.45, 2.75) is 33.1 Å². The normalized spacial score (nSPS) is 10.4. The van der Waals surface area contributed by atoms with Crippen LogP contribution in [-0.2, 0) is 23.9 Å². The van der Waals surface area contributed by atoms with Crippen LogP contribution in [0.2, 0.25) is 0 Å². The van der Waals surface area contributed by atoms with Crippen molar-refractivity contribution in [2.24, 2.45) is 0 Å². The lowest BCUT2D eigenvalue weighted by Crippen LogP contribution is -2.43. The molecule has 0 aromatic heterocycles. The Morgan fingerprint density at radius 1 is 0.679 bits per heavy atom. The molecule has 0 atom stereocenters. The zero-order chi connectivity index (χ0) is 21.9. The van der Waals surface area contributed by atoms with Crippen molar-refractivity contribution in [2.75, 3.05) is 52.5 Å². The minimum Gasteiger partial charge on any atom is -0.480 e. The molecule has 0 aromatic rings. The Balaban J connectivity index is 0. The summed E-state index contributed by atoms with van der Waals surface area (Å²) in [5.74, 6) is -4.91. The summed E-state index contributed by atoms with van der Waals surface area (Å²) in [6.45, 7) is 3.80. The van der Waals surface area contributed by atoms with Gasteiger partial charge >= 0.3 is 23.9 Å². The van der Waals surface area contributed by atoms with E-state index in [-0.39, 0.29) is 13.1 Å². The molecule has 0 unspecified atom stereocenters. The minimum absolute atomic E-state index is 0.0703. The van der Waals surface area contributed by atoms with Crippen LogP contribution in [-0.4, -0.2) is 107 Å². The van der Waals surface area contributed by atoms with Gasteiger partial charge in [-0.15, -0.1) is 0 Å². The zero-order valence-corrected chi connectivity index (χ0v) is 16.5. The van der Waals surface area contributed by atoms with Crippen LogP contribution in [0.25, 0.3) is 0 Å². The lowest BCUT2D eigenvalue weighted by atomic mass is 10.3. The number of aliphatic carboxylic acids is 4. The van der Waals surface area contributed by atoms with Gasteiger partial charge in [0, 0.05) is 26.3 Å². The predicted octanol–water partition coefficient (Wildman–Crippen LogP) is 0.142. The topological polar surface area (TPSA) is 165 Å². The standard InChI is InChI=1S/C10H16N2O8.C7H16O/c13-7(14)3-11(4-8(15)16)1-2-12(5-9(17)18)6-10(19)20;1-3-5-6-7-8-4-2/h1-6H2,(H,13,14)(H,15,16)(H,17,18)(H,19,20);3-7H2,1-2H3. The molecule has 0 heterocycles. The van der Waals surface area contributed by atoms with E-state index >= 15 is 0 Å². The van der Waals surface area contributed by atoms with Crippen molar-refractivity contribution in [3.8, 4) is 0 Å². The van der Waals surface area contributed by atoms with E-state index in [0.29, 0.717) is 0 Å². The van der Waals surface area contributed by atoms with Crippen LogP contribution >= 0.6 is 0 Å². The molecule has 0 bridgehead atoms. The fourth-order valence-corrected chi connectivity index (χ4v) is 2.07. The van der Waals surface area contributed by atoms with Gasteiger partial charge in [-0.25, -0.2) is 0 Å². The van der Waals surface area contributed by atoms with E-state index in [4.69, 9.17) is 25.2 Å². The SMILES string of the molecule is CCCCCOCC.O=C(O)CN(CCN(CC(=O)O)CC(=O)O)CC(=O)O. The maximum absolute atomic E-state index is 10.6. The Morgan fingerprint density at radius 3 is 1.29 bits per heavy atom. The van der Waals surface area contributed by atoms with E-state index in [0.717, 1.165) is 23.0 Å². The first-order valence-corrected chi connectivity index (χ1v) is 9.01. The number of hydrogen-bond acceptors (Lipinski definition) is 7. The van der Waals surface area contributed by atoms with Crippen LogP contribution in [0.3, 0.4) is 0 Å². The Hall–Kier alpha value is -2.24. The number of unbranched alkanes of at least 4 members (excludes halogenated alkanes) is 2. The van der Waals surface area contributed by atoms with Gasteiger partial charge in [0.15, 0.2) is 0 Å². The Kier molecular flexibility index (Phi) is 18.1. The van der Waals surface area contributed by atoms with E-state index in [9.17, 15) is 19.2 Å². The van der Waals surface area contributed by atoms with Crippen molar-refractivity contribution < 1.29 is 44.3 Å². The largest absolute Gasteiger partial charge is 0.480 e. The second-order valence-corrected chi connectivity index (χ2v) is 5.90. The summed E-state index contributed by atoms with van der Waals surface area (Å²) in [5.41, 5.74) is 0. The highest BCUT2D eigenvalue weighted by molar-refractivity contribution is 5.73. The average Bonchev–Trinajstić information content (AvgIpc) is 2.55. The Labute approximate surface area is 164 Å². The molecule has 11 heteroatoms. The van der Waals surface area contributed by atoms with E-state index < -0.39 is 50.1 Å². The fraction of sp³-hybridized carbons (Fsp3) is 0.765. The third-order valence-corrected chi connectivity index (χ3v) is 3.26. The van der Waals surface area contributed by atoms with Crippen LogP contribution in [0.15, 0.2) is 0 Å². The van der Waals surface area contributed by atoms with Gasteiger partial charge in [-0.05, 0) is 13.3 Å². The number of carbonyl (C=O) groups is 4. The third-order valence-electron chi connectivity index (χ3n) is 3.26. The zero-order valence-electron chi connectivity index (χ0n) is 16.5. The van der Waals surface area contributed by atoms with Crippen molar-refractivity contribution in [1.29, 1.82) is 0 Å². The molecule has 0 saturated carbocycles. The first kappa shape index (κ1) is 28.0. The number of carboxylic acids is 4. The van der Waals surface area contributed by atoms with E-state index in [2.05, 4.69) is 6.92 Å². The highest BCUT2D eigenvalue weighted by Crippen LogP contribution is 1.94. The Morgan fingerprint density at radius 2 is 1.04 bits per heavy atom. The monoisotopic (exact) mass is 408 g/mol. The summed E-state index contributed by atoms with van der Waals surface area (Å²) in [7, 11) is 0. The van der Waals surface area contributed by atoms with Gasteiger partial charge in [-0.2, -0.15) is 0 Å². The van der Waals surface area contributed by atoms with E-state index in [1.54, 1.807) is 0 Å². The molecule has 0 amide bonds. The molecule has 0 rings (SSSR count). The van der Waals surface area contributed by atoms with Crippen LogP contribution in [0.1, 0.15) is 33.1 Å². The summed E-state index contributed by atoms with van der Waals surface area (Å²) in [6.07, 6.45) is 3.82. The number of carboxylic acid groups (broad SMARTS) is 4. The van der Waals surface area contributed by atoms with Crippen LogP contribution < -0.4 is 0 Å². The molecule has 0 spiro atoms. The molecule has 28 heavy (non-hydrogen) atoms. The van der Waals surface area contributed by atoms with Crippen molar-refractivity contribution in [1.82, 2.24) is 9.80 Å². The maximum Gasteiger partial charge on any atom is 0.317 e. The highest BCUT2D eigenvalue weighted by atomic mass is 16.5. The molecule has 0 aliphatic carbocycles. The second kappa shape index (κ2) is 18.1. The van der Waals surface area contributed by atoms with Crippen LogP contribution in [0.5, 0.6) is 0 Å². The first-order valence-electron chi connectivity index (χ1n) is 9.01. The van der Waals surface area contributed by atoms with Gasteiger partial charge in [-0.3, -0.25) is 29.0 Å². The fourth-order valence-electron chi connectivity index (χ4n) is 2.07. The number of ether oxygens (including phenoxy) is 1. The molecule has 0 aromatic carbocycles. The van der Waals surface area contributed by atoms with Crippen molar-refractivity contribution >= 4 is 23.9 Å². The molecule has 4 N–H and O–H groups in total. The molecular formula is C17H32N2O9. The number of nitrogens with zero attached hydrogens (tertiary/aromatic N) is 2. The Bertz CT molecular complexity index is 398. The smallest absolute Gasteiger partial charge is 0.317 e. The molecule has 0 aliphatic rings. The van der Waals surface area contributed by atoms with Crippen molar-refractivity contribution in [3.63, 3.8) is 0 Å². The van der Waals surface area contributed by atoms with Gasteiger partial charge in [0.1, 0.15) is 0 Å². The summed E-state index contributed by atoms with van der Waals surface area (Å²) >= 11 is 0. The van der Waals surface area contributed by atoms with Crippen LogP contribution in [0, 0.1) is 0 Å². The highest BCUT2D eigenvalue weighted by Gasteiger charge is 2.17. The molecular weight excluding hydrogens is 376 g/mol. The first-order chi connectivity index (χ1) is 13.1. The summed E-state index contributed by atoms with van der Waals surface area (Å²) < 4.78 is 5.14. The average molecular weight is 408 g/mol. The summed E-state index contributed by atoms with van der Waals surface area (Å²) in [5, 5.41) is 34.5. The van der Waals surface area contributed by atoms with E-state index in [1.807, 2.05) is 6.92 Å². The number of hydrogen-bond donors (Lipinski definition) is 4. The van der Waals surface area contributed by atoms with Crippen LogP contribution in [0.4, 0.5) is 0 Å².